The summed E-state index contributed by atoms with van der Waals surface area (Å²) < 4.78 is 102. The third-order valence-electron chi connectivity index (χ3n) is 8.14. The van der Waals surface area contributed by atoms with Crippen molar-refractivity contribution in [3.63, 3.8) is 0 Å². The molecule has 2 aliphatic heterocycles. The van der Waals surface area contributed by atoms with E-state index in [9.17, 15) is 44.3 Å². The molecule has 1 saturated heterocycles. The van der Waals surface area contributed by atoms with Gasteiger partial charge in [0.25, 0.3) is 5.91 Å². The number of anilines is 4. The first-order valence-corrected chi connectivity index (χ1v) is 17.7. The van der Waals surface area contributed by atoms with E-state index in [2.05, 4.69) is 42.7 Å². The number of fused-ring (bicyclic) bond motifs is 6. The molecule has 6 bridgehead atoms. The van der Waals surface area contributed by atoms with Crippen molar-refractivity contribution in [2.45, 2.75) is 50.6 Å². The molecule has 0 unspecified atom stereocenters. The number of likely N-dealkylation sites (tertiary alicyclic amines) is 1. The number of piperidine rings is 1. The highest BCUT2D eigenvalue weighted by atomic mass is 35.5. The lowest BCUT2D eigenvalue weighted by atomic mass is 9.93. The van der Waals surface area contributed by atoms with Gasteiger partial charge in [0.15, 0.2) is 5.82 Å². The van der Waals surface area contributed by atoms with E-state index < -0.39 is 36.4 Å². The maximum absolute atomic E-state index is 12.7. The van der Waals surface area contributed by atoms with Crippen LogP contribution in [0.1, 0.15) is 40.7 Å². The number of carbonyl (C=O) groups is 4. The molecular weight excluding hydrogens is 865 g/mol. The van der Waals surface area contributed by atoms with Gasteiger partial charge in [-0.15, -0.1) is 0 Å². The van der Waals surface area contributed by atoms with Gasteiger partial charge in [0.05, 0.1) is 24.7 Å². The molecule has 5 N–H and O–H groups in total. The molecule has 0 aliphatic carbocycles. The van der Waals surface area contributed by atoms with Gasteiger partial charge in [0.1, 0.15) is 10.8 Å². The maximum atomic E-state index is 12.7. The Kier molecular flexibility index (Phi) is 17.4. The molecule has 1 amide bonds. The smallest absolute Gasteiger partial charge is 0.490 e. The largest absolute Gasteiger partial charge is 0.493 e. The predicted molar refractivity (Wildman–Crippen MR) is 196 cm³/mol. The Morgan fingerprint density at radius 3 is 1.89 bits per heavy atom. The van der Waals surface area contributed by atoms with Crippen LogP contribution in [0.4, 0.5) is 62.7 Å². The molecule has 15 nitrogen and oxygen atoms in total. The van der Waals surface area contributed by atoms with E-state index in [1.807, 2.05) is 23.2 Å². The van der Waals surface area contributed by atoms with Gasteiger partial charge in [-0.2, -0.15) is 44.5 Å². The average Bonchev–Trinajstić information content (AvgIpc) is 3.19. The van der Waals surface area contributed by atoms with Crippen LogP contribution in [0.5, 0.6) is 5.75 Å². The number of hydrogen-bond donors (Lipinski definition) is 5. The number of pyridine rings is 2. The van der Waals surface area contributed by atoms with Crippen molar-refractivity contribution < 1.29 is 78.7 Å². The zero-order valence-electron chi connectivity index (χ0n) is 31.0. The van der Waals surface area contributed by atoms with Crippen LogP contribution in [0.25, 0.3) is 0 Å². The second-order valence-corrected chi connectivity index (χ2v) is 13.0. The summed E-state index contributed by atoms with van der Waals surface area (Å²) in [4.78, 5) is 58.6. The van der Waals surface area contributed by atoms with Crippen molar-refractivity contribution in [1.29, 1.82) is 0 Å². The number of aromatic nitrogens is 4. The molecule has 330 valence electrons. The molecule has 6 rings (SSSR count). The zero-order chi connectivity index (χ0) is 45.5. The quantitative estimate of drug-likeness (QED) is 0.121. The number of alkyl halides is 9. The van der Waals surface area contributed by atoms with Crippen LogP contribution in [0.15, 0.2) is 67.4 Å². The van der Waals surface area contributed by atoms with Gasteiger partial charge in [-0.05, 0) is 85.5 Å². The molecule has 0 saturated carbocycles. The van der Waals surface area contributed by atoms with Crippen molar-refractivity contribution in [1.82, 2.24) is 24.8 Å². The summed E-state index contributed by atoms with van der Waals surface area (Å²) in [5.41, 5.74) is 4.61. The number of halogens is 10. The predicted octanol–water partition coefficient (Wildman–Crippen LogP) is 7.73. The summed E-state index contributed by atoms with van der Waals surface area (Å²) in [5, 5.41) is 28.3. The number of carbonyl (C=O) groups excluding carboxylic acids is 1. The topological polar surface area (TPSA) is 217 Å². The van der Waals surface area contributed by atoms with Gasteiger partial charge in [0.2, 0.25) is 5.95 Å². The summed E-state index contributed by atoms with van der Waals surface area (Å²) >= 11 is 6.39. The number of carboxylic acid groups (broad SMARTS) is 3. The number of nitrogens with zero attached hydrogens (tertiary/aromatic N) is 5. The number of aryl methyl sites for hydroxylation is 2. The summed E-state index contributed by atoms with van der Waals surface area (Å²) in [6.07, 6.45) is -2.19. The maximum Gasteiger partial charge on any atom is 0.490 e. The summed E-state index contributed by atoms with van der Waals surface area (Å²) in [7, 11) is 0. The van der Waals surface area contributed by atoms with E-state index in [-0.39, 0.29) is 5.91 Å². The molecule has 0 radical (unpaired) electrons. The Morgan fingerprint density at radius 2 is 1.33 bits per heavy atom. The fourth-order valence-electron chi connectivity index (χ4n) is 5.18. The molecule has 0 spiro atoms. The minimum atomic E-state index is -5.08. The molecule has 4 aromatic rings. The number of rotatable bonds is 5. The van der Waals surface area contributed by atoms with E-state index in [0.717, 1.165) is 73.4 Å². The van der Waals surface area contributed by atoms with Crippen molar-refractivity contribution in [2.24, 2.45) is 5.92 Å². The first-order chi connectivity index (χ1) is 28.4. The Labute approximate surface area is 343 Å². The van der Waals surface area contributed by atoms with Crippen LogP contribution < -0.4 is 15.4 Å². The number of aliphatic carboxylic acids is 3. The Hall–Kier alpha value is -6.46. The van der Waals surface area contributed by atoms with Crippen LogP contribution in [-0.2, 0) is 27.2 Å². The normalized spacial score (nSPS) is 13.8. The monoisotopic (exact) mass is 897 g/mol. The first-order valence-electron chi connectivity index (χ1n) is 17.3. The van der Waals surface area contributed by atoms with Crippen LogP contribution >= 0.6 is 11.6 Å². The highest BCUT2D eigenvalue weighted by Crippen LogP contribution is 2.31. The van der Waals surface area contributed by atoms with Crippen LogP contribution in [0.2, 0.25) is 5.02 Å². The van der Waals surface area contributed by atoms with Gasteiger partial charge < -0.3 is 35.6 Å². The SMILES string of the molecule is O=C(O)C(F)(F)F.O=C(O)C(F)(F)F.O=C(O)C(F)(F)F.O=C(c1ccncc1)N1CCC(CCOc2ccc3cc2CCc2cncc(c2)Nc2ncc(Cl)c(n2)N3)CC1. The number of carboxylic acids is 3. The molecular formula is C36H33ClF9N7O8. The fraction of sp³-hybridized carbons (Fsp3) is 0.333. The average molecular weight is 898 g/mol. The zero-order valence-corrected chi connectivity index (χ0v) is 31.7. The highest BCUT2D eigenvalue weighted by molar-refractivity contribution is 6.32. The lowest BCUT2D eigenvalue weighted by Crippen LogP contribution is -2.38. The molecule has 1 fully saturated rings. The van der Waals surface area contributed by atoms with Crippen LogP contribution in [0.3, 0.4) is 0 Å². The molecule has 1 aromatic carbocycles. The van der Waals surface area contributed by atoms with Crippen LogP contribution in [0, 0.1) is 5.92 Å². The number of amides is 1. The summed E-state index contributed by atoms with van der Waals surface area (Å²) in [6.45, 7) is 2.17. The van der Waals surface area contributed by atoms with Gasteiger partial charge in [-0.25, -0.2) is 19.4 Å². The summed E-state index contributed by atoms with van der Waals surface area (Å²) in [5.74, 6) is -5.81. The van der Waals surface area contributed by atoms with E-state index in [4.69, 9.17) is 46.0 Å². The van der Waals surface area contributed by atoms with Crippen molar-refractivity contribution >= 4 is 58.6 Å². The fourth-order valence-corrected chi connectivity index (χ4v) is 5.32. The number of nitrogens with one attached hydrogen (secondary N) is 2. The Bertz CT molecular complexity index is 2060. The van der Waals surface area contributed by atoms with Crippen LogP contribution in [-0.4, -0.2) is 102 Å². The van der Waals surface area contributed by atoms with Gasteiger partial charge >= 0.3 is 36.4 Å². The molecule has 2 aliphatic rings. The minimum absolute atomic E-state index is 0.0850. The van der Waals surface area contributed by atoms with Crippen molar-refractivity contribution in [3.05, 3.63) is 89.1 Å². The van der Waals surface area contributed by atoms with E-state index >= 15 is 0 Å². The van der Waals surface area contributed by atoms with Gasteiger partial charge in [-0.3, -0.25) is 14.8 Å². The third kappa shape index (κ3) is 16.6. The highest BCUT2D eigenvalue weighted by Gasteiger charge is 2.39. The minimum Gasteiger partial charge on any atom is -0.493 e. The summed E-state index contributed by atoms with van der Waals surface area (Å²) in [6, 6.07) is 11.7. The second-order valence-electron chi connectivity index (χ2n) is 12.6. The number of benzene rings is 1. The molecule has 25 heteroatoms. The lowest BCUT2D eigenvalue weighted by Gasteiger charge is -2.32. The molecule has 61 heavy (non-hydrogen) atoms. The molecule has 3 aromatic heterocycles. The lowest BCUT2D eigenvalue weighted by molar-refractivity contribution is -0.193. The van der Waals surface area contributed by atoms with Crippen molar-refractivity contribution in [2.75, 3.05) is 30.3 Å². The Morgan fingerprint density at radius 1 is 0.754 bits per heavy atom. The first kappa shape index (κ1) is 48.9. The van der Waals surface area contributed by atoms with E-state index in [0.29, 0.717) is 34.9 Å². The van der Waals surface area contributed by atoms with E-state index in [1.54, 1.807) is 36.9 Å². The van der Waals surface area contributed by atoms with Crippen molar-refractivity contribution in [3.8, 4) is 5.75 Å². The van der Waals surface area contributed by atoms with E-state index in [1.165, 1.54) is 0 Å². The molecule has 0 atom stereocenters. The Balaban J connectivity index is 0.000000390. The second kappa shape index (κ2) is 21.7. The van der Waals surface area contributed by atoms with Gasteiger partial charge in [0, 0.05) is 42.9 Å². The standard InChI is InChI=1S/C30H30ClN7O2.3C2HF3O2/c31-26-19-34-30-36-25-15-21(17-33-18-25)1-2-23-16-24(35-28(26)37-30)3-4-27(23)40-14-9-20-7-12-38(13-8-20)29(39)22-5-10-32-11-6-22;3*3-2(4,5)1(6)7/h3-6,10-11,15-20H,1-2,7-9,12-14H2,(H2,34,35,36,37);3*(H,6,7). The third-order valence-corrected chi connectivity index (χ3v) is 8.42. The van der Waals surface area contributed by atoms with Gasteiger partial charge in [-0.1, -0.05) is 11.6 Å². The molecule has 5 heterocycles. The number of hydrogen-bond acceptors (Lipinski definition) is 11. The number of ether oxygens (including phenoxy) is 1.